The third-order valence-corrected chi connectivity index (χ3v) is 6.07. The zero-order chi connectivity index (χ0) is 21.2. The van der Waals surface area contributed by atoms with Crippen molar-refractivity contribution in [2.24, 2.45) is 0 Å². The van der Waals surface area contributed by atoms with E-state index in [1.807, 2.05) is 6.92 Å². The normalized spacial score (nSPS) is 11.2. The van der Waals surface area contributed by atoms with E-state index in [0.29, 0.717) is 5.39 Å². The van der Waals surface area contributed by atoms with Gasteiger partial charge in [0.2, 0.25) is 0 Å². The monoisotopic (exact) mass is 414 g/mol. The molecule has 0 atom stereocenters. The van der Waals surface area contributed by atoms with E-state index in [2.05, 4.69) is 9.72 Å². The van der Waals surface area contributed by atoms with Gasteiger partial charge in [-0.25, -0.2) is 18.2 Å². The fourth-order valence-corrected chi connectivity index (χ4v) is 4.21. The smallest absolute Gasteiger partial charge is 0.354 e. The van der Waals surface area contributed by atoms with Crippen LogP contribution in [0.2, 0.25) is 0 Å². The van der Waals surface area contributed by atoms with Crippen LogP contribution in [0.5, 0.6) is 0 Å². The van der Waals surface area contributed by atoms with E-state index in [1.165, 1.54) is 12.1 Å². The number of sulfonamides is 1. The number of rotatable bonds is 6. The Morgan fingerprint density at radius 3 is 2.38 bits per heavy atom. The first kappa shape index (κ1) is 20.3. The first-order valence-electron chi connectivity index (χ1n) is 8.53. The predicted molar refractivity (Wildman–Crippen MR) is 106 cm³/mol. The Kier molecular flexibility index (Phi) is 5.51. The Balaban J connectivity index is 2.29. The highest BCUT2D eigenvalue weighted by atomic mass is 32.2. The molecule has 150 valence electrons. The van der Waals surface area contributed by atoms with Gasteiger partial charge in [-0.2, -0.15) is 0 Å². The molecule has 9 heteroatoms. The molecule has 1 aromatic heterocycles. The summed E-state index contributed by atoms with van der Waals surface area (Å²) < 4.78 is 32.3. The molecule has 8 nitrogen and oxygen atoms in total. The summed E-state index contributed by atoms with van der Waals surface area (Å²) in [5.41, 5.74) is 0.842. The van der Waals surface area contributed by atoms with Crippen LogP contribution >= 0.6 is 0 Å². The lowest BCUT2D eigenvalue weighted by molar-refractivity contribution is -0.138. The van der Waals surface area contributed by atoms with Gasteiger partial charge in [-0.15, -0.1) is 0 Å². The second kappa shape index (κ2) is 7.88. The molecule has 3 rings (SSSR count). The van der Waals surface area contributed by atoms with E-state index in [-0.39, 0.29) is 21.8 Å². The summed E-state index contributed by atoms with van der Waals surface area (Å²) in [5, 5.41) is 9.79. The molecule has 0 aliphatic heterocycles. The number of carbonyl (C=O) groups is 2. The van der Waals surface area contributed by atoms with Crippen molar-refractivity contribution >= 4 is 38.6 Å². The van der Waals surface area contributed by atoms with Crippen LogP contribution in [0.1, 0.15) is 16.1 Å². The van der Waals surface area contributed by atoms with Crippen molar-refractivity contribution < 1.29 is 27.9 Å². The molecule has 0 aliphatic carbocycles. The van der Waals surface area contributed by atoms with Gasteiger partial charge in [-0.05, 0) is 31.2 Å². The summed E-state index contributed by atoms with van der Waals surface area (Å²) in [6.45, 7) is 1.19. The van der Waals surface area contributed by atoms with Crippen LogP contribution in [-0.4, -0.2) is 44.1 Å². The zero-order valence-electron chi connectivity index (χ0n) is 15.7. The predicted octanol–water partition coefficient (Wildman–Crippen LogP) is 2.61. The number of methoxy groups -OCH3 is 1. The fourth-order valence-electron chi connectivity index (χ4n) is 2.79. The molecule has 1 N–H and O–H groups in total. The largest absolute Gasteiger partial charge is 0.477 e. The van der Waals surface area contributed by atoms with Gasteiger partial charge in [0.05, 0.1) is 23.2 Å². The first-order valence-corrected chi connectivity index (χ1v) is 9.97. The van der Waals surface area contributed by atoms with Gasteiger partial charge < -0.3 is 9.84 Å². The highest BCUT2D eigenvalue weighted by Gasteiger charge is 2.30. The molecule has 0 spiro atoms. The summed E-state index contributed by atoms with van der Waals surface area (Å²) >= 11 is 0. The number of ether oxygens (including phenoxy) is 1. The maximum atomic E-state index is 13.4. The van der Waals surface area contributed by atoms with Crippen molar-refractivity contribution in [1.82, 2.24) is 4.98 Å². The number of hydrogen-bond acceptors (Lipinski definition) is 6. The van der Waals surface area contributed by atoms with Crippen molar-refractivity contribution in [3.63, 3.8) is 0 Å². The third kappa shape index (κ3) is 4.04. The Labute approximate surface area is 167 Å². The van der Waals surface area contributed by atoms with Gasteiger partial charge in [0.1, 0.15) is 6.54 Å². The summed E-state index contributed by atoms with van der Waals surface area (Å²) in [6, 6.07) is 13.8. The van der Waals surface area contributed by atoms with E-state index in [1.54, 1.807) is 36.4 Å². The first-order chi connectivity index (χ1) is 13.7. The number of aromatic nitrogens is 1. The quantitative estimate of drug-likeness (QED) is 0.617. The van der Waals surface area contributed by atoms with Gasteiger partial charge in [0.15, 0.2) is 5.69 Å². The van der Waals surface area contributed by atoms with Gasteiger partial charge in [0.25, 0.3) is 10.0 Å². The number of anilines is 1. The Bertz CT molecular complexity index is 1190. The average molecular weight is 414 g/mol. The molecule has 0 saturated carbocycles. The number of carbonyl (C=O) groups excluding carboxylic acids is 1. The molecule has 2 aromatic carbocycles. The number of benzene rings is 2. The van der Waals surface area contributed by atoms with Gasteiger partial charge in [-0.3, -0.25) is 9.10 Å². The van der Waals surface area contributed by atoms with Crippen LogP contribution in [0.3, 0.4) is 0 Å². The van der Waals surface area contributed by atoms with Gasteiger partial charge in [0, 0.05) is 5.39 Å². The lowest BCUT2D eigenvalue weighted by atomic mass is 10.1. The Morgan fingerprint density at radius 1 is 1.10 bits per heavy atom. The molecule has 3 aromatic rings. The molecule has 1 heterocycles. The molecule has 29 heavy (non-hydrogen) atoms. The van der Waals surface area contributed by atoms with Crippen LogP contribution in [0.4, 0.5) is 5.69 Å². The number of fused-ring (bicyclic) bond motifs is 1. The second-order valence-electron chi connectivity index (χ2n) is 6.25. The lowest BCUT2D eigenvalue weighted by Crippen LogP contribution is -2.36. The van der Waals surface area contributed by atoms with Crippen molar-refractivity contribution in [2.75, 3.05) is 18.0 Å². The third-order valence-electron chi connectivity index (χ3n) is 4.29. The average Bonchev–Trinajstić information content (AvgIpc) is 2.71. The van der Waals surface area contributed by atoms with Crippen LogP contribution in [0.25, 0.3) is 10.9 Å². The minimum Gasteiger partial charge on any atom is -0.477 e. The standard InChI is InChI=1S/C20H18N2O6S/c1-13-7-9-14(10-8-13)29(26,27)22(12-19(23)28-2)18-11-17(20(24)25)21-16-6-4-3-5-15(16)18/h3-11H,12H2,1-2H3,(H,24,25). The summed E-state index contributed by atoms with van der Waals surface area (Å²) in [4.78, 5) is 27.6. The molecule has 0 aliphatic rings. The van der Waals surface area contributed by atoms with Crippen LogP contribution in [0, 0.1) is 6.92 Å². The number of pyridine rings is 1. The van der Waals surface area contributed by atoms with E-state index >= 15 is 0 Å². The summed E-state index contributed by atoms with van der Waals surface area (Å²) in [6.07, 6.45) is 0. The number of esters is 1. The summed E-state index contributed by atoms with van der Waals surface area (Å²) in [5.74, 6) is -2.11. The van der Waals surface area contributed by atoms with Gasteiger partial charge >= 0.3 is 11.9 Å². The molecule has 0 fully saturated rings. The minimum atomic E-state index is -4.20. The second-order valence-corrected chi connectivity index (χ2v) is 8.11. The topological polar surface area (TPSA) is 114 Å². The maximum absolute atomic E-state index is 13.4. The van der Waals surface area contributed by atoms with Crippen LogP contribution < -0.4 is 4.31 Å². The molecule has 0 bridgehead atoms. The number of carboxylic acids is 1. The zero-order valence-corrected chi connectivity index (χ0v) is 16.5. The number of para-hydroxylation sites is 1. The molecule has 0 unspecified atom stereocenters. The molecular weight excluding hydrogens is 396 g/mol. The minimum absolute atomic E-state index is 0.0268. The SMILES string of the molecule is COC(=O)CN(c1cc(C(=O)O)nc2ccccc12)S(=O)(=O)c1ccc(C)cc1. The number of aromatic carboxylic acids is 1. The van der Waals surface area contributed by atoms with E-state index in [0.717, 1.165) is 23.0 Å². The van der Waals surface area contributed by atoms with Crippen LogP contribution in [-0.2, 0) is 19.6 Å². The van der Waals surface area contributed by atoms with Crippen molar-refractivity contribution in [1.29, 1.82) is 0 Å². The van der Waals surface area contributed by atoms with Crippen molar-refractivity contribution in [3.05, 3.63) is 65.9 Å². The highest BCUT2D eigenvalue weighted by molar-refractivity contribution is 7.92. The van der Waals surface area contributed by atoms with E-state index in [4.69, 9.17) is 0 Å². The highest BCUT2D eigenvalue weighted by Crippen LogP contribution is 2.31. The molecular formula is C20H18N2O6S. The summed E-state index contributed by atoms with van der Waals surface area (Å²) in [7, 11) is -3.05. The molecule has 0 amide bonds. The molecule has 0 radical (unpaired) electrons. The lowest BCUT2D eigenvalue weighted by Gasteiger charge is -2.25. The number of hydrogen-bond donors (Lipinski definition) is 1. The number of nitrogens with zero attached hydrogens (tertiary/aromatic N) is 2. The van der Waals surface area contributed by atoms with Crippen molar-refractivity contribution in [2.45, 2.75) is 11.8 Å². The van der Waals surface area contributed by atoms with Crippen molar-refractivity contribution in [3.8, 4) is 0 Å². The Morgan fingerprint density at radius 2 is 1.76 bits per heavy atom. The fraction of sp³-hybridized carbons (Fsp3) is 0.150. The van der Waals surface area contributed by atoms with Crippen LogP contribution in [0.15, 0.2) is 59.5 Å². The molecule has 0 saturated heterocycles. The number of aryl methyl sites for hydroxylation is 1. The maximum Gasteiger partial charge on any atom is 0.354 e. The Hall–Kier alpha value is -3.46. The van der Waals surface area contributed by atoms with Gasteiger partial charge in [-0.1, -0.05) is 35.9 Å². The van der Waals surface area contributed by atoms with E-state index < -0.39 is 28.5 Å². The van der Waals surface area contributed by atoms with E-state index in [9.17, 15) is 23.1 Å². The number of carboxylic acid groups (broad SMARTS) is 1.